The third-order valence-electron chi connectivity index (χ3n) is 3.54. The van der Waals surface area contributed by atoms with Gasteiger partial charge in [-0.15, -0.1) is 0 Å². The summed E-state index contributed by atoms with van der Waals surface area (Å²) in [6.07, 6.45) is 3.19. The molecule has 0 aliphatic heterocycles. The Morgan fingerprint density at radius 1 is 1.20 bits per heavy atom. The van der Waals surface area contributed by atoms with Crippen LogP contribution in [-0.4, -0.2) is 20.6 Å². The number of pyridine rings is 1. The van der Waals surface area contributed by atoms with E-state index in [1.165, 1.54) is 10.6 Å². The standard InChI is InChI=1S/C18H18N4O3/c1-2-6-15-20-18(25-21-15)13-9-10-17(24)22(11-13)12-16(23)19-14-7-4-3-5-8-14/h3-5,7-11H,2,6,12H2,1H3,(H,19,23). The second-order valence-corrected chi connectivity index (χ2v) is 5.56. The highest BCUT2D eigenvalue weighted by Crippen LogP contribution is 2.16. The summed E-state index contributed by atoms with van der Waals surface area (Å²) in [7, 11) is 0. The number of carbonyl (C=O) groups excluding carboxylic acids is 1. The molecule has 1 N–H and O–H groups in total. The maximum absolute atomic E-state index is 12.1. The number of benzene rings is 1. The molecule has 0 aliphatic carbocycles. The van der Waals surface area contributed by atoms with Crippen molar-refractivity contribution in [1.82, 2.24) is 14.7 Å². The predicted molar refractivity (Wildman–Crippen MR) is 93.1 cm³/mol. The Morgan fingerprint density at radius 3 is 2.76 bits per heavy atom. The zero-order valence-corrected chi connectivity index (χ0v) is 13.8. The Hall–Kier alpha value is -3.22. The quantitative estimate of drug-likeness (QED) is 0.746. The molecule has 0 bridgehead atoms. The molecule has 7 heteroatoms. The molecule has 25 heavy (non-hydrogen) atoms. The number of para-hydroxylation sites is 1. The van der Waals surface area contributed by atoms with Crippen molar-refractivity contribution in [3.8, 4) is 11.5 Å². The fourth-order valence-electron chi connectivity index (χ4n) is 2.35. The summed E-state index contributed by atoms with van der Waals surface area (Å²) in [5, 5.41) is 6.65. The zero-order chi connectivity index (χ0) is 17.6. The average molecular weight is 338 g/mol. The molecule has 1 aromatic carbocycles. The van der Waals surface area contributed by atoms with Crippen LogP contribution in [-0.2, 0) is 17.8 Å². The number of aryl methyl sites for hydroxylation is 1. The number of rotatable bonds is 6. The first-order valence-corrected chi connectivity index (χ1v) is 8.04. The van der Waals surface area contributed by atoms with Crippen molar-refractivity contribution in [2.45, 2.75) is 26.3 Å². The molecule has 3 rings (SSSR count). The summed E-state index contributed by atoms with van der Waals surface area (Å²) in [5.41, 5.74) is 1.00. The molecule has 128 valence electrons. The minimum Gasteiger partial charge on any atom is -0.334 e. The van der Waals surface area contributed by atoms with Gasteiger partial charge in [-0.2, -0.15) is 4.98 Å². The lowest BCUT2D eigenvalue weighted by Crippen LogP contribution is -2.26. The summed E-state index contributed by atoms with van der Waals surface area (Å²) < 4.78 is 6.54. The maximum Gasteiger partial charge on any atom is 0.259 e. The van der Waals surface area contributed by atoms with E-state index in [0.29, 0.717) is 23.0 Å². The lowest BCUT2D eigenvalue weighted by Gasteiger charge is -2.08. The molecule has 2 aromatic heterocycles. The van der Waals surface area contributed by atoms with Crippen molar-refractivity contribution in [3.05, 3.63) is 64.8 Å². The van der Waals surface area contributed by atoms with Crippen LogP contribution in [0.15, 0.2) is 58.0 Å². The maximum atomic E-state index is 12.1. The number of nitrogens with zero attached hydrogens (tertiary/aromatic N) is 3. The number of aromatic nitrogens is 3. The molecule has 0 aliphatic rings. The summed E-state index contributed by atoms with van der Waals surface area (Å²) in [5.74, 6) is 0.667. The van der Waals surface area contributed by atoms with Crippen LogP contribution in [0.3, 0.4) is 0 Å². The lowest BCUT2D eigenvalue weighted by atomic mass is 10.2. The second kappa shape index (κ2) is 7.57. The second-order valence-electron chi connectivity index (χ2n) is 5.56. The summed E-state index contributed by atoms with van der Waals surface area (Å²) in [6, 6.07) is 12.1. The fraction of sp³-hybridized carbons (Fsp3) is 0.222. The SMILES string of the molecule is CCCc1noc(-c2ccc(=O)n(CC(=O)Nc3ccccc3)c2)n1. The molecule has 0 radical (unpaired) electrons. The van der Waals surface area contributed by atoms with Crippen molar-refractivity contribution in [2.24, 2.45) is 0 Å². The van der Waals surface area contributed by atoms with Gasteiger partial charge in [-0.05, 0) is 24.6 Å². The molecule has 0 saturated carbocycles. The van der Waals surface area contributed by atoms with Gasteiger partial charge in [-0.25, -0.2) is 0 Å². The molecule has 0 unspecified atom stereocenters. The number of carbonyl (C=O) groups is 1. The van der Waals surface area contributed by atoms with Gasteiger partial charge in [0.25, 0.3) is 11.4 Å². The fourth-order valence-corrected chi connectivity index (χ4v) is 2.35. The smallest absolute Gasteiger partial charge is 0.259 e. The molecule has 1 amide bonds. The van der Waals surface area contributed by atoms with E-state index in [0.717, 1.165) is 12.8 Å². The van der Waals surface area contributed by atoms with Crippen LogP contribution in [0.25, 0.3) is 11.5 Å². The van der Waals surface area contributed by atoms with Crippen LogP contribution in [0.4, 0.5) is 5.69 Å². The van der Waals surface area contributed by atoms with Crippen LogP contribution in [0, 0.1) is 0 Å². The van der Waals surface area contributed by atoms with Gasteiger partial charge in [0.15, 0.2) is 5.82 Å². The van der Waals surface area contributed by atoms with Crippen LogP contribution in [0.5, 0.6) is 0 Å². The summed E-state index contributed by atoms with van der Waals surface area (Å²) in [6.45, 7) is 1.93. The molecule has 7 nitrogen and oxygen atoms in total. The van der Waals surface area contributed by atoms with Crippen LogP contribution in [0.2, 0.25) is 0 Å². The Balaban J connectivity index is 1.77. The zero-order valence-electron chi connectivity index (χ0n) is 13.8. The molecular formula is C18H18N4O3. The molecule has 0 atom stereocenters. The minimum atomic E-state index is -0.289. The molecule has 0 saturated heterocycles. The van der Waals surface area contributed by atoms with Gasteiger partial charge >= 0.3 is 0 Å². The highest BCUT2D eigenvalue weighted by Gasteiger charge is 2.11. The number of hydrogen-bond acceptors (Lipinski definition) is 5. The van der Waals surface area contributed by atoms with Crippen molar-refractivity contribution in [1.29, 1.82) is 0 Å². The number of anilines is 1. The van der Waals surface area contributed by atoms with E-state index >= 15 is 0 Å². The Morgan fingerprint density at radius 2 is 2.00 bits per heavy atom. The van der Waals surface area contributed by atoms with Crippen molar-refractivity contribution in [3.63, 3.8) is 0 Å². The number of nitrogens with one attached hydrogen (secondary N) is 1. The van der Waals surface area contributed by atoms with Gasteiger partial charge in [0.2, 0.25) is 5.91 Å². The Labute approximate surface area is 144 Å². The minimum absolute atomic E-state index is 0.0997. The van der Waals surface area contributed by atoms with Crippen molar-refractivity contribution >= 4 is 11.6 Å². The number of amides is 1. The molecule has 0 fully saturated rings. The van der Waals surface area contributed by atoms with E-state index in [4.69, 9.17) is 4.52 Å². The van der Waals surface area contributed by atoms with E-state index in [9.17, 15) is 9.59 Å². The van der Waals surface area contributed by atoms with Crippen molar-refractivity contribution in [2.75, 3.05) is 5.32 Å². The average Bonchev–Trinajstić information content (AvgIpc) is 3.07. The largest absolute Gasteiger partial charge is 0.334 e. The summed E-state index contributed by atoms with van der Waals surface area (Å²) in [4.78, 5) is 28.5. The van der Waals surface area contributed by atoms with Gasteiger partial charge in [-0.1, -0.05) is 30.3 Å². The Kier molecular flexibility index (Phi) is 5.03. The monoisotopic (exact) mass is 338 g/mol. The van der Waals surface area contributed by atoms with Gasteiger partial charge in [0, 0.05) is 24.4 Å². The molecule has 2 heterocycles. The van der Waals surface area contributed by atoms with Crippen molar-refractivity contribution < 1.29 is 9.32 Å². The van der Waals surface area contributed by atoms with Crippen LogP contribution < -0.4 is 10.9 Å². The lowest BCUT2D eigenvalue weighted by molar-refractivity contribution is -0.116. The van der Waals surface area contributed by atoms with E-state index in [1.54, 1.807) is 24.4 Å². The van der Waals surface area contributed by atoms with Gasteiger partial charge < -0.3 is 14.4 Å². The highest BCUT2D eigenvalue weighted by atomic mass is 16.5. The molecule has 0 spiro atoms. The van der Waals surface area contributed by atoms with Gasteiger partial charge in [0.05, 0.1) is 5.56 Å². The van der Waals surface area contributed by atoms with Crippen LogP contribution in [0.1, 0.15) is 19.2 Å². The third-order valence-corrected chi connectivity index (χ3v) is 3.54. The van der Waals surface area contributed by atoms with E-state index in [-0.39, 0.29) is 18.0 Å². The number of hydrogen-bond donors (Lipinski definition) is 1. The first-order valence-electron chi connectivity index (χ1n) is 8.04. The van der Waals surface area contributed by atoms with Gasteiger partial charge in [-0.3, -0.25) is 9.59 Å². The van der Waals surface area contributed by atoms with Crippen LogP contribution >= 0.6 is 0 Å². The van der Waals surface area contributed by atoms with Gasteiger partial charge in [0.1, 0.15) is 6.54 Å². The Bertz CT molecular complexity index is 915. The normalized spacial score (nSPS) is 10.6. The summed E-state index contributed by atoms with van der Waals surface area (Å²) >= 11 is 0. The molecular weight excluding hydrogens is 320 g/mol. The first-order chi connectivity index (χ1) is 12.2. The van der Waals surface area contributed by atoms with E-state index < -0.39 is 0 Å². The highest BCUT2D eigenvalue weighted by molar-refractivity contribution is 5.90. The first kappa shape index (κ1) is 16.6. The third kappa shape index (κ3) is 4.20. The predicted octanol–water partition coefficient (Wildman–Crippen LogP) is 2.49. The topological polar surface area (TPSA) is 90.0 Å². The van der Waals surface area contributed by atoms with E-state index in [1.807, 2.05) is 25.1 Å². The molecule has 3 aromatic rings. The van der Waals surface area contributed by atoms with E-state index in [2.05, 4.69) is 15.5 Å².